The molecule has 4 nitrogen and oxygen atoms in total. The van der Waals surface area contributed by atoms with Crippen molar-refractivity contribution in [1.82, 2.24) is 9.97 Å². The van der Waals surface area contributed by atoms with E-state index in [0.717, 1.165) is 11.4 Å². The predicted octanol–water partition coefficient (Wildman–Crippen LogP) is 3.04. The summed E-state index contributed by atoms with van der Waals surface area (Å²) in [6, 6.07) is 6.64. The van der Waals surface area contributed by atoms with Crippen LogP contribution in [0.5, 0.6) is 0 Å². The zero-order valence-corrected chi connectivity index (χ0v) is 11.5. The summed E-state index contributed by atoms with van der Waals surface area (Å²) in [5.74, 6) is 1.83. The minimum Gasteiger partial charge on any atom is -0.373 e. The van der Waals surface area contributed by atoms with Crippen LogP contribution >= 0.6 is 0 Å². The zero-order chi connectivity index (χ0) is 14.0. The SMILES string of the molecule is CNc1nc(C)nc(N(C)c2ccccc2F)c1C. The summed E-state index contributed by atoms with van der Waals surface area (Å²) in [5, 5.41) is 3.03. The van der Waals surface area contributed by atoms with E-state index in [0.29, 0.717) is 17.3 Å². The second kappa shape index (κ2) is 5.22. The molecule has 0 spiro atoms. The summed E-state index contributed by atoms with van der Waals surface area (Å²) in [5.41, 5.74) is 1.38. The number of rotatable bonds is 3. The average molecular weight is 260 g/mol. The molecule has 0 saturated carbocycles. The minimum absolute atomic E-state index is 0.272. The van der Waals surface area contributed by atoms with Crippen LogP contribution in [0.2, 0.25) is 0 Å². The lowest BCUT2D eigenvalue weighted by Crippen LogP contribution is -2.16. The van der Waals surface area contributed by atoms with Crippen molar-refractivity contribution in [3.63, 3.8) is 0 Å². The molecule has 0 atom stereocenters. The van der Waals surface area contributed by atoms with Crippen LogP contribution in [-0.4, -0.2) is 24.1 Å². The molecule has 1 heterocycles. The van der Waals surface area contributed by atoms with Crippen molar-refractivity contribution in [2.24, 2.45) is 0 Å². The van der Waals surface area contributed by atoms with Crippen LogP contribution < -0.4 is 10.2 Å². The minimum atomic E-state index is -0.272. The molecule has 100 valence electrons. The predicted molar refractivity (Wildman–Crippen MR) is 75.5 cm³/mol. The number of nitrogens with one attached hydrogen (secondary N) is 1. The van der Waals surface area contributed by atoms with Crippen LogP contribution in [0.15, 0.2) is 24.3 Å². The van der Waals surface area contributed by atoms with Gasteiger partial charge in [-0.3, -0.25) is 0 Å². The van der Waals surface area contributed by atoms with Gasteiger partial charge in [0.25, 0.3) is 0 Å². The number of aromatic nitrogens is 2. The monoisotopic (exact) mass is 260 g/mol. The average Bonchev–Trinajstić information content (AvgIpc) is 2.40. The Bertz CT molecular complexity index is 598. The van der Waals surface area contributed by atoms with E-state index in [9.17, 15) is 4.39 Å². The molecule has 2 aromatic rings. The third-order valence-electron chi connectivity index (χ3n) is 3.00. The van der Waals surface area contributed by atoms with Crippen molar-refractivity contribution in [3.05, 3.63) is 41.5 Å². The van der Waals surface area contributed by atoms with Crippen LogP contribution in [0.25, 0.3) is 0 Å². The standard InChI is InChI=1S/C14H17FN4/c1-9-13(16-3)17-10(2)18-14(9)19(4)12-8-6-5-7-11(12)15/h5-8H,1-4H3,(H,16,17,18). The van der Waals surface area contributed by atoms with Gasteiger partial charge in [0, 0.05) is 19.7 Å². The number of hydrogen-bond acceptors (Lipinski definition) is 4. The van der Waals surface area contributed by atoms with E-state index in [1.807, 2.05) is 20.9 Å². The summed E-state index contributed by atoms with van der Waals surface area (Å²) in [6.45, 7) is 3.73. The topological polar surface area (TPSA) is 41.1 Å². The summed E-state index contributed by atoms with van der Waals surface area (Å²) in [6.07, 6.45) is 0. The van der Waals surface area contributed by atoms with E-state index in [4.69, 9.17) is 0 Å². The van der Waals surface area contributed by atoms with Crippen LogP contribution in [0.1, 0.15) is 11.4 Å². The second-order valence-corrected chi connectivity index (χ2v) is 4.33. The molecule has 0 aliphatic rings. The lowest BCUT2D eigenvalue weighted by atomic mass is 10.2. The zero-order valence-electron chi connectivity index (χ0n) is 11.5. The maximum atomic E-state index is 13.8. The van der Waals surface area contributed by atoms with Gasteiger partial charge in [0.15, 0.2) is 0 Å². The van der Waals surface area contributed by atoms with Gasteiger partial charge < -0.3 is 10.2 Å². The molecule has 0 aliphatic heterocycles. The Morgan fingerprint density at radius 2 is 1.84 bits per heavy atom. The number of aryl methyl sites for hydroxylation is 1. The fraction of sp³-hybridized carbons (Fsp3) is 0.286. The molecule has 0 aliphatic carbocycles. The van der Waals surface area contributed by atoms with Gasteiger partial charge in [0.05, 0.1) is 5.69 Å². The van der Waals surface area contributed by atoms with Crippen LogP contribution in [0.4, 0.5) is 21.7 Å². The first-order chi connectivity index (χ1) is 9.04. The quantitative estimate of drug-likeness (QED) is 0.921. The Labute approximate surface area is 112 Å². The largest absolute Gasteiger partial charge is 0.373 e. The van der Waals surface area contributed by atoms with Crippen molar-refractivity contribution < 1.29 is 4.39 Å². The normalized spacial score (nSPS) is 10.4. The van der Waals surface area contributed by atoms with E-state index < -0.39 is 0 Å². The van der Waals surface area contributed by atoms with Crippen molar-refractivity contribution in [1.29, 1.82) is 0 Å². The lowest BCUT2D eigenvalue weighted by Gasteiger charge is -2.22. The van der Waals surface area contributed by atoms with Crippen LogP contribution in [0, 0.1) is 19.7 Å². The molecule has 0 saturated heterocycles. The van der Waals surface area contributed by atoms with E-state index in [1.54, 1.807) is 30.1 Å². The van der Waals surface area contributed by atoms with Gasteiger partial charge in [-0.15, -0.1) is 0 Å². The van der Waals surface area contributed by atoms with Crippen molar-refractivity contribution in [3.8, 4) is 0 Å². The molecule has 0 bridgehead atoms. The first-order valence-electron chi connectivity index (χ1n) is 6.06. The Kier molecular flexibility index (Phi) is 3.64. The molecule has 1 aromatic heterocycles. The second-order valence-electron chi connectivity index (χ2n) is 4.33. The Hall–Kier alpha value is -2.17. The molecule has 0 fully saturated rings. The van der Waals surface area contributed by atoms with E-state index >= 15 is 0 Å². The van der Waals surface area contributed by atoms with Gasteiger partial charge in [0.2, 0.25) is 0 Å². The number of anilines is 3. The number of para-hydroxylation sites is 1. The highest BCUT2D eigenvalue weighted by Crippen LogP contribution is 2.29. The van der Waals surface area contributed by atoms with Gasteiger partial charge in [0.1, 0.15) is 23.3 Å². The molecule has 2 rings (SSSR count). The lowest BCUT2D eigenvalue weighted by molar-refractivity contribution is 0.627. The van der Waals surface area contributed by atoms with Crippen LogP contribution in [-0.2, 0) is 0 Å². The van der Waals surface area contributed by atoms with E-state index in [-0.39, 0.29) is 5.82 Å². The highest BCUT2D eigenvalue weighted by Gasteiger charge is 2.15. The molecular weight excluding hydrogens is 243 g/mol. The van der Waals surface area contributed by atoms with Gasteiger partial charge >= 0.3 is 0 Å². The van der Waals surface area contributed by atoms with Crippen LogP contribution in [0.3, 0.4) is 0 Å². The van der Waals surface area contributed by atoms with Gasteiger partial charge in [-0.2, -0.15) is 0 Å². The van der Waals surface area contributed by atoms with E-state index in [1.165, 1.54) is 6.07 Å². The number of hydrogen-bond donors (Lipinski definition) is 1. The number of benzene rings is 1. The molecule has 1 N–H and O–H groups in total. The van der Waals surface area contributed by atoms with Gasteiger partial charge in [-0.1, -0.05) is 12.1 Å². The van der Waals surface area contributed by atoms with Crippen molar-refractivity contribution >= 4 is 17.3 Å². The summed E-state index contributed by atoms with van der Waals surface area (Å²) in [4.78, 5) is 10.5. The summed E-state index contributed by atoms with van der Waals surface area (Å²) < 4.78 is 13.8. The maximum absolute atomic E-state index is 13.8. The summed E-state index contributed by atoms with van der Waals surface area (Å²) >= 11 is 0. The molecule has 0 unspecified atom stereocenters. The third kappa shape index (κ3) is 2.50. The van der Waals surface area contributed by atoms with Gasteiger partial charge in [-0.05, 0) is 26.0 Å². The fourth-order valence-electron chi connectivity index (χ4n) is 2.02. The fourth-order valence-corrected chi connectivity index (χ4v) is 2.02. The number of halogens is 1. The smallest absolute Gasteiger partial charge is 0.146 e. The molecular formula is C14H17FN4. The molecule has 0 amide bonds. The maximum Gasteiger partial charge on any atom is 0.146 e. The number of nitrogens with zero attached hydrogens (tertiary/aromatic N) is 3. The molecule has 1 aromatic carbocycles. The Morgan fingerprint density at radius 1 is 1.16 bits per heavy atom. The van der Waals surface area contributed by atoms with E-state index in [2.05, 4.69) is 15.3 Å². The Balaban J connectivity index is 2.53. The Morgan fingerprint density at radius 3 is 2.47 bits per heavy atom. The highest BCUT2D eigenvalue weighted by molar-refractivity contribution is 5.67. The van der Waals surface area contributed by atoms with Gasteiger partial charge in [-0.25, -0.2) is 14.4 Å². The van der Waals surface area contributed by atoms with Crippen molar-refractivity contribution in [2.75, 3.05) is 24.3 Å². The first-order valence-corrected chi connectivity index (χ1v) is 6.06. The third-order valence-corrected chi connectivity index (χ3v) is 3.00. The molecule has 0 radical (unpaired) electrons. The van der Waals surface area contributed by atoms with Crippen molar-refractivity contribution in [2.45, 2.75) is 13.8 Å². The summed E-state index contributed by atoms with van der Waals surface area (Å²) in [7, 11) is 3.61. The highest BCUT2D eigenvalue weighted by atomic mass is 19.1. The molecule has 5 heteroatoms. The first kappa shape index (κ1) is 13.3. The molecule has 19 heavy (non-hydrogen) atoms.